The minimum absolute atomic E-state index is 0.548. The van der Waals surface area contributed by atoms with Gasteiger partial charge in [0.15, 0.2) is 5.96 Å². The Balaban J connectivity index is 1.87. The van der Waals surface area contributed by atoms with Gasteiger partial charge < -0.3 is 15.1 Å². The van der Waals surface area contributed by atoms with Gasteiger partial charge in [-0.2, -0.15) is 0 Å². The molecule has 4 nitrogen and oxygen atoms in total. The molecule has 2 rings (SSSR count). The number of hydrogen-bond donors (Lipinski definition) is 2. The van der Waals surface area contributed by atoms with Crippen molar-refractivity contribution in [3.05, 3.63) is 59.0 Å². The van der Waals surface area contributed by atoms with Crippen LogP contribution in [0.3, 0.4) is 0 Å². The third-order valence-electron chi connectivity index (χ3n) is 3.30. The van der Waals surface area contributed by atoms with Crippen molar-refractivity contribution in [3.63, 3.8) is 0 Å². The van der Waals surface area contributed by atoms with Crippen LogP contribution >= 0.6 is 0 Å². The summed E-state index contributed by atoms with van der Waals surface area (Å²) in [6.07, 6.45) is 2.65. The van der Waals surface area contributed by atoms with Crippen LogP contribution in [0.25, 0.3) is 0 Å². The van der Waals surface area contributed by atoms with Crippen LogP contribution in [-0.2, 0) is 13.0 Å². The van der Waals surface area contributed by atoms with E-state index in [0.29, 0.717) is 6.54 Å². The lowest BCUT2D eigenvalue weighted by atomic mass is 10.1. The molecule has 2 aromatic rings. The quantitative estimate of drug-likeness (QED) is 0.636. The number of aliphatic imine (C=N–C) groups is 1. The molecule has 0 unspecified atom stereocenters. The summed E-state index contributed by atoms with van der Waals surface area (Å²) in [5.41, 5.74) is 3.98. The van der Waals surface area contributed by atoms with E-state index < -0.39 is 0 Å². The fraction of sp³-hybridized carbons (Fsp3) is 0.389. The van der Waals surface area contributed by atoms with Crippen molar-refractivity contribution in [2.75, 3.05) is 13.1 Å². The second-order valence-corrected chi connectivity index (χ2v) is 5.45. The Hall–Kier alpha value is -2.23. The van der Waals surface area contributed by atoms with Crippen LogP contribution in [0.5, 0.6) is 0 Å². The van der Waals surface area contributed by atoms with Crippen LogP contribution < -0.4 is 10.6 Å². The molecule has 0 aliphatic carbocycles. The first-order chi connectivity index (χ1) is 10.7. The van der Waals surface area contributed by atoms with Gasteiger partial charge in [-0.1, -0.05) is 29.3 Å². The molecule has 1 heterocycles. The average Bonchev–Trinajstić information content (AvgIpc) is 2.97. The van der Waals surface area contributed by atoms with E-state index in [1.165, 1.54) is 16.7 Å². The van der Waals surface area contributed by atoms with Gasteiger partial charge in [0.25, 0.3) is 0 Å². The number of nitrogens with zero attached hydrogens (tertiary/aromatic N) is 1. The Morgan fingerprint density at radius 2 is 1.91 bits per heavy atom. The molecule has 0 amide bonds. The molecular formula is C18H25N3O. The summed E-state index contributed by atoms with van der Waals surface area (Å²) in [6.45, 7) is 8.58. The molecule has 4 heteroatoms. The van der Waals surface area contributed by atoms with Gasteiger partial charge in [0, 0.05) is 13.1 Å². The van der Waals surface area contributed by atoms with Crippen LogP contribution in [0.15, 0.2) is 46.0 Å². The van der Waals surface area contributed by atoms with Gasteiger partial charge in [0.1, 0.15) is 12.3 Å². The first-order valence-electron chi connectivity index (χ1n) is 7.79. The van der Waals surface area contributed by atoms with E-state index in [1.54, 1.807) is 6.26 Å². The van der Waals surface area contributed by atoms with Gasteiger partial charge in [-0.25, -0.2) is 4.99 Å². The Bertz CT molecular complexity index is 583. The third-order valence-corrected chi connectivity index (χ3v) is 3.30. The zero-order chi connectivity index (χ0) is 15.8. The Morgan fingerprint density at radius 1 is 1.14 bits per heavy atom. The maximum atomic E-state index is 5.30. The second-order valence-electron chi connectivity index (χ2n) is 5.45. The van der Waals surface area contributed by atoms with Gasteiger partial charge >= 0.3 is 0 Å². The molecule has 0 saturated heterocycles. The molecule has 0 aliphatic heterocycles. The predicted molar refractivity (Wildman–Crippen MR) is 91.1 cm³/mol. The Morgan fingerprint density at radius 3 is 2.55 bits per heavy atom. The normalized spacial score (nSPS) is 11.5. The van der Waals surface area contributed by atoms with Gasteiger partial charge in [-0.05, 0) is 44.9 Å². The number of benzene rings is 1. The average molecular weight is 299 g/mol. The highest BCUT2D eigenvalue weighted by atomic mass is 16.3. The Kier molecular flexibility index (Phi) is 6.07. The van der Waals surface area contributed by atoms with Crippen molar-refractivity contribution in [1.82, 2.24) is 10.6 Å². The minimum Gasteiger partial charge on any atom is -0.467 e. The van der Waals surface area contributed by atoms with Gasteiger partial charge in [0.2, 0.25) is 0 Å². The summed E-state index contributed by atoms with van der Waals surface area (Å²) < 4.78 is 5.30. The lowest BCUT2D eigenvalue weighted by molar-refractivity contribution is 0.512. The van der Waals surface area contributed by atoms with Crippen molar-refractivity contribution in [2.45, 2.75) is 33.7 Å². The first-order valence-corrected chi connectivity index (χ1v) is 7.79. The molecule has 0 radical (unpaired) electrons. The molecule has 0 bridgehead atoms. The van der Waals surface area contributed by atoms with Crippen molar-refractivity contribution in [2.24, 2.45) is 4.99 Å². The third kappa shape index (κ3) is 5.28. The zero-order valence-corrected chi connectivity index (χ0v) is 13.6. The molecule has 0 fully saturated rings. The molecule has 0 saturated carbocycles. The second kappa shape index (κ2) is 8.27. The standard InChI is InChI=1S/C18H25N3O/c1-4-19-18(21-13-17-6-5-9-22-17)20-8-7-16-11-14(2)10-15(3)12-16/h5-6,9-12H,4,7-8,13H2,1-3H3,(H2,19,20,21). The molecule has 1 aromatic carbocycles. The number of rotatable bonds is 6. The fourth-order valence-corrected chi connectivity index (χ4v) is 2.44. The fourth-order valence-electron chi connectivity index (χ4n) is 2.44. The lowest BCUT2D eigenvalue weighted by Crippen LogP contribution is -2.38. The smallest absolute Gasteiger partial charge is 0.191 e. The Labute approximate surface area is 132 Å². The van der Waals surface area contributed by atoms with E-state index in [2.05, 4.69) is 54.6 Å². The highest BCUT2D eigenvalue weighted by Crippen LogP contribution is 2.09. The van der Waals surface area contributed by atoms with E-state index in [0.717, 1.165) is 31.2 Å². The molecule has 1 aromatic heterocycles. The van der Waals surface area contributed by atoms with Crippen LogP contribution in [0, 0.1) is 13.8 Å². The summed E-state index contributed by atoms with van der Waals surface area (Å²) in [6, 6.07) is 10.5. The number of furan rings is 1. The van der Waals surface area contributed by atoms with Crippen LogP contribution in [0.2, 0.25) is 0 Å². The molecule has 22 heavy (non-hydrogen) atoms. The lowest BCUT2D eigenvalue weighted by Gasteiger charge is -2.11. The zero-order valence-electron chi connectivity index (χ0n) is 13.6. The minimum atomic E-state index is 0.548. The van der Waals surface area contributed by atoms with Crippen molar-refractivity contribution in [3.8, 4) is 0 Å². The number of hydrogen-bond acceptors (Lipinski definition) is 2. The molecule has 0 aliphatic rings. The molecule has 118 valence electrons. The largest absolute Gasteiger partial charge is 0.467 e. The van der Waals surface area contributed by atoms with E-state index in [1.807, 2.05) is 12.1 Å². The number of nitrogens with one attached hydrogen (secondary N) is 2. The van der Waals surface area contributed by atoms with Crippen molar-refractivity contribution >= 4 is 5.96 Å². The van der Waals surface area contributed by atoms with Crippen LogP contribution in [0.1, 0.15) is 29.4 Å². The summed E-state index contributed by atoms with van der Waals surface area (Å²) in [7, 11) is 0. The van der Waals surface area contributed by atoms with Crippen LogP contribution in [0.4, 0.5) is 0 Å². The van der Waals surface area contributed by atoms with Crippen molar-refractivity contribution < 1.29 is 4.42 Å². The summed E-state index contributed by atoms with van der Waals surface area (Å²) in [5, 5.41) is 6.62. The number of guanidine groups is 1. The molecule has 2 N–H and O–H groups in total. The number of aryl methyl sites for hydroxylation is 2. The van der Waals surface area contributed by atoms with E-state index in [-0.39, 0.29) is 0 Å². The van der Waals surface area contributed by atoms with E-state index in [4.69, 9.17) is 4.42 Å². The van der Waals surface area contributed by atoms with Gasteiger partial charge in [-0.3, -0.25) is 0 Å². The summed E-state index contributed by atoms with van der Waals surface area (Å²) >= 11 is 0. The van der Waals surface area contributed by atoms with E-state index in [9.17, 15) is 0 Å². The first kappa shape index (κ1) is 16.1. The molecule has 0 atom stereocenters. The van der Waals surface area contributed by atoms with Gasteiger partial charge in [0.05, 0.1) is 6.26 Å². The topological polar surface area (TPSA) is 49.6 Å². The monoisotopic (exact) mass is 299 g/mol. The van der Waals surface area contributed by atoms with E-state index >= 15 is 0 Å². The van der Waals surface area contributed by atoms with Crippen LogP contribution in [-0.4, -0.2) is 19.0 Å². The maximum Gasteiger partial charge on any atom is 0.191 e. The molecule has 0 spiro atoms. The van der Waals surface area contributed by atoms with Gasteiger partial charge in [-0.15, -0.1) is 0 Å². The summed E-state index contributed by atoms with van der Waals surface area (Å²) in [5.74, 6) is 1.69. The predicted octanol–water partition coefficient (Wildman–Crippen LogP) is 3.19. The SMILES string of the molecule is CCNC(=NCc1ccco1)NCCc1cc(C)cc(C)c1. The maximum absolute atomic E-state index is 5.30. The van der Waals surface area contributed by atoms with Crippen molar-refractivity contribution in [1.29, 1.82) is 0 Å². The highest BCUT2D eigenvalue weighted by Gasteiger charge is 2.00. The summed E-state index contributed by atoms with van der Waals surface area (Å²) in [4.78, 5) is 4.52. The highest BCUT2D eigenvalue weighted by molar-refractivity contribution is 5.79. The molecular weight excluding hydrogens is 274 g/mol.